The number of piperazine rings is 1. The van der Waals surface area contributed by atoms with E-state index in [4.69, 9.17) is 5.11 Å². The number of aliphatic hydroxyl groups is 1. The summed E-state index contributed by atoms with van der Waals surface area (Å²) in [6.07, 6.45) is 0. The number of carbonyl (C=O) groups is 2. The first-order chi connectivity index (χ1) is 10.0. The molecule has 1 N–H and O–H groups in total. The number of carbonyl (C=O) groups excluding carboxylic acids is 2. The molecule has 110 valence electrons. The van der Waals surface area contributed by atoms with Crippen molar-refractivity contribution < 1.29 is 14.7 Å². The summed E-state index contributed by atoms with van der Waals surface area (Å²) in [5, 5.41) is 8.73. The molecule has 1 aliphatic heterocycles. The summed E-state index contributed by atoms with van der Waals surface area (Å²) in [4.78, 5) is 27.5. The third kappa shape index (κ3) is 3.41. The second-order valence-electron chi connectivity index (χ2n) is 5.03. The van der Waals surface area contributed by atoms with Crippen LogP contribution in [0.15, 0.2) is 18.2 Å². The number of hydrogen-bond donors (Lipinski definition) is 1. The van der Waals surface area contributed by atoms with Gasteiger partial charge in [0.25, 0.3) is 5.91 Å². The molecular formula is C16H18N2O3. The van der Waals surface area contributed by atoms with E-state index in [1.54, 1.807) is 22.9 Å². The van der Waals surface area contributed by atoms with Crippen LogP contribution in [0.5, 0.6) is 0 Å². The standard InChI is InChI=1S/C16H18N2O3/c1-12-5-6-13(4-3-9-19)10-14(12)16(21)18-8-7-17(2)15(20)11-18/h5-6,10,19H,7-9,11H2,1-2H3. The van der Waals surface area contributed by atoms with E-state index in [-0.39, 0.29) is 25.0 Å². The minimum absolute atomic E-state index is 0.0523. The number of likely N-dealkylation sites (N-methyl/N-ethyl adjacent to an activating group) is 1. The quantitative estimate of drug-likeness (QED) is 0.753. The van der Waals surface area contributed by atoms with Gasteiger partial charge in [0.15, 0.2) is 0 Å². The molecule has 0 aromatic heterocycles. The maximum Gasteiger partial charge on any atom is 0.254 e. The number of nitrogens with zero attached hydrogens (tertiary/aromatic N) is 2. The van der Waals surface area contributed by atoms with Crippen molar-refractivity contribution in [2.75, 3.05) is 33.3 Å². The van der Waals surface area contributed by atoms with E-state index in [1.807, 2.05) is 19.1 Å². The molecule has 0 aliphatic carbocycles. The minimum atomic E-state index is -0.218. The predicted molar refractivity (Wildman–Crippen MR) is 78.7 cm³/mol. The Morgan fingerprint density at radius 1 is 1.38 bits per heavy atom. The Morgan fingerprint density at radius 2 is 2.14 bits per heavy atom. The SMILES string of the molecule is Cc1ccc(C#CCO)cc1C(=O)N1CCN(C)C(=O)C1. The highest BCUT2D eigenvalue weighted by Crippen LogP contribution is 2.15. The lowest BCUT2D eigenvalue weighted by molar-refractivity contribution is -0.133. The van der Waals surface area contributed by atoms with Gasteiger partial charge in [-0.1, -0.05) is 17.9 Å². The normalized spacial score (nSPS) is 14.7. The molecule has 21 heavy (non-hydrogen) atoms. The third-order valence-corrected chi connectivity index (χ3v) is 3.52. The molecule has 1 fully saturated rings. The molecule has 0 unspecified atom stereocenters. The predicted octanol–water partition coefficient (Wildman–Crippen LogP) is 0.253. The van der Waals surface area contributed by atoms with Crippen molar-refractivity contribution in [1.29, 1.82) is 0 Å². The topological polar surface area (TPSA) is 60.9 Å². The van der Waals surface area contributed by atoms with Gasteiger partial charge >= 0.3 is 0 Å². The second-order valence-corrected chi connectivity index (χ2v) is 5.03. The minimum Gasteiger partial charge on any atom is -0.384 e. The molecule has 1 saturated heterocycles. The molecule has 1 aliphatic rings. The molecule has 0 bridgehead atoms. The molecule has 1 heterocycles. The molecule has 2 rings (SSSR count). The zero-order valence-electron chi connectivity index (χ0n) is 12.2. The fraction of sp³-hybridized carbons (Fsp3) is 0.375. The summed E-state index contributed by atoms with van der Waals surface area (Å²) in [5.41, 5.74) is 2.08. The highest BCUT2D eigenvalue weighted by atomic mass is 16.2. The molecular weight excluding hydrogens is 268 g/mol. The van der Waals surface area contributed by atoms with E-state index < -0.39 is 0 Å². The number of benzene rings is 1. The summed E-state index contributed by atoms with van der Waals surface area (Å²) in [6, 6.07) is 5.35. The fourth-order valence-electron chi connectivity index (χ4n) is 2.17. The van der Waals surface area contributed by atoms with Crippen molar-refractivity contribution >= 4 is 11.8 Å². The van der Waals surface area contributed by atoms with E-state index >= 15 is 0 Å². The van der Waals surface area contributed by atoms with Gasteiger partial charge in [-0.15, -0.1) is 0 Å². The van der Waals surface area contributed by atoms with Gasteiger partial charge in [-0.3, -0.25) is 9.59 Å². The van der Waals surface area contributed by atoms with Crippen LogP contribution < -0.4 is 0 Å². The van der Waals surface area contributed by atoms with Crippen LogP contribution >= 0.6 is 0 Å². The maximum absolute atomic E-state index is 12.6. The van der Waals surface area contributed by atoms with Crippen molar-refractivity contribution in [3.05, 3.63) is 34.9 Å². The highest BCUT2D eigenvalue weighted by molar-refractivity contribution is 5.98. The zero-order chi connectivity index (χ0) is 15.4. The Balaban J connectivity index is 2.24. The Kier molecular flexibility index (Phi) is 4.61. The van der Waals surface area contributed by atoms with Gasteiger partial charge in [0.05, 0.1) is 0 Å². The average Bonchev–Trinajstić information content (AvgIpc) is 2.48. The van der Waals surface area contributed by atoms with Crippen molar-refractivity contribution in [2.24, 2.45) is 0 Å². The molecule has 0 radical (unpaired) electrons. The van der Waals surface area contributed by atoms with Gasteiger partial charge in [0.2, 0.25) is 5.91 Å². The lowest BCUT2D eigenvalue weighted by Crippen LogP contribution is -2.50. The van der Waals surface area contributed by atoms with Gasteiger partial charge in [-0.25, -0.2) is 0 Å². The number of amides is 2. The Hall–Kier alpha value is -2.32. The number of aryl methyl sites for hydroxylation is 1. The van der Waals surface area contributed by atoms with Crippen LogP contribution in [-0.4, -0.2) is 60.0 Å². The Morgan fingerprint density at radius 3 is 2.81 bits per heavy atom. The lowest BCUT2D eigenvalue weighted by Gasteiger charge is -2.32. The van der Waals surface area contributed by atoms with E-state index in [0.29, 0.717) is 24.2 Å². The lowest BCUT2D eigenvalue weighted by atomic mass is 10.0. The van der Waals surface area contributed by atoms with E-state index in [2.05, 4.69) is 11.8 Å². The van der Waals surface area contributed by atoms with Crippen molar-refractivity contribution in [1.82, 2.24) is 9.80 Å². The molecule has 0 atom stereocenters. The fourth-order valence-corrected chi connectivity index (χ4v) is 2.17. The largest absolute Gasteiger partial charge is 0.384 e. The van der Waals surface area contributed by atoms with E-state index in [0.717, 1.165) is 5.56 Å². The van der Waals surface area contributed by atoms with Gasteiger partial charge in [0, 0.05) is 31.3 Å². The summed E-state index contributed by atoms with van der Waals surface area (Å²) >= 11 is 0. The maximum atomic E-state index is 12.6. The van der Waals surface area contributed by atoms with E-state index in [9.17, 15) is 9.59 Å². The molecule has 1 aromatic carbocycles. The molecule has 5 heteroatoms. The molecule has 2 amide bonds. The van der Waals surface area contributed by atoms with Crippen LogP contribution in [0.4, 0.5) is 0 Å². The molecule has 0 saturated carbocycles. The first kappa shape index (κ1) is 15.1. The monoisotopic (exact) mass is 286 g/mol. The van der Waals surface area contributed by atoms with Gasteiger partial charge in [0.1, 0.15) is 13.2 Å². The summed E-state index contributed by atoms with van der Waals surface area (Å²) in [5.74, 6) is 5.15. The van der Waals surface area contributed by atoms with Crippen LogP contribution in [0, 0.1) is 18.8 Å². The molecule has 5 nitrogen and oxygen atoms in total. The highest BCUT2D eigenvalue weighted by Gasteiger charge is 2.26. The van der Waals surface area contributed by atoms with Crippen molar-refractivity contribution in [3.8, 4) is 11.8 Å². The average molecular weight is 286 g/mol. The Bertz CT molecular complexity index is 628. The van der Waals surface area contributed by atoms with Crippen LogP contribution in [0.25, 0.3) is 0 Å². The smallest absolute Gasteiger partial charge is 0.254 e. The van der Waals surface area contributed by atoms with Gasteiger partial charge in [-0.2, -0.15) is 0 Å². The molecule has 1 aromatic rings. The number of hydrogen-bond acceptors (Lipinski definition) is 3. The summed E-state index contributed by atoms with van der Waals surface area (Å²) < 4.78 is 0. The number of rotatable bonds is 1. The number of aliphatic hydroxyl groups excluding tert-OH is 1. The van der Waals surface area contributed by atoms with Crippen molar-refractivity contribution in [2.45, 2.75) is 6.92 Å². The zero-order valence-corrected chi connectivity index (χ0v) is 12.2. The van der Waals surface area contributed by atoms with E-state index in [1.165, 1.54) is 0 Å². The van der Waals surface area contributed by atoms with Crippen LogP contribution in [0.2, 0.25) is 0 Å². The first-order valence-electron chi connectivity index (χ1n) is 6.76. The van der Waals surface area contributed by atoms with Crippen LogP contribution in [0.1, 0.15) is 21.5 Å². The van der Waals surface area contributed by atoms with Crippen molar-refractivity contribution in [3.63, 3.8) is 0 Å². The molecule has 0 spiro atoms. The van der Waals surface area contributed by atoms with Gasteiger partial charge in [-0.05, 0) is 24.6 Å². The second kappa shape index (κ2) is 6.42. The summed E-state index contributed by atoms with van der Waals surface area (Å²) in [6.45, 7) is 2.83. The Labute approximate surface area is 124 Å². The van der Waals surface area contributed by atoms with Gasteiger partial charge < -0.3 is 14.9 Å². The van der Waals surface area contributed by atoms with Crippen LogP contribution in [-0.2, 0) is 4.79 Å². The van der Waals surface area contributed by atoms with Crippen LogP contribution in [0.3, 0.4) is 0 Å². The first-order valence-corrected chi connectivity index (χ1v) is 6.76. The third-order valence-electron chi connectivity index (χ3n) is 3.52. The summed E-state index contributed by atoms with van der Waals surface area (Å²) in [7, 11) is 1.74.